The average Bonchev–Trinajstić information content (AvgIpc) is 2.98. The molecule has 23 heavy (non-hydrogen) atoms. The second-order valence-corrected chi connectivity index (χ2v) is 5.29. The topological polar surface area (TPSA) is 50.4 Å². The Labute approximate surface area is 139 Å². The van der Waals surface area contributed by atoms with E-state index in [1.807, 2.05) is 6.07 Å². The van der Waals surface area contributed by atoms with E-state index in [0.29, 0.717) is 12.1 Å². The van der Waals surface area contributed by atoms with Gasteiger partial charge < -0.3 is 15.4 Å². The van der Waals surface area contributed by atoms with E-state index in [2.05, 4.69) is 15.4 Å². The molecule has 0 saturated carbocycles. The monoisotopic (exact) mass is 352 g/mol. The molecule has 1 heterocycles. The summed E-state index contributed by atoms with van der Waals surface area (Å²) in [6.45, 7) is -0.166. The number of amides is 1. The SMILES string of the molecule is Cl.O=C(NCc1cccc(COCC(F)(F)F)c1)C1CCCN1. The van der Waals surface area contributed by atoms with E-state index >= 15 is 0 Å². The Hall–Kier alpha value is -1.31. The number of alkyl halides is 3. The quantitative estimate of drug-likeness (QED) is 0.827. The highest BCUT2D eigenvalue weighted by molar-refractivity contribution is 5.85. The van der Waals surface area contributed by atoms with Gasteiger partial charge in [0.2, 0.25) is 5.91 Å². The lowest BCUT2D eigenvalue weighted by molar-refractivity contribution is -0.176. The van der Waals surface area contributed by atoms with Crippen molar-refractivity contribution in [1.29, 1.82) is 0 Å². The van der Waals surface area contributed by atoms with Crippen LogP contribution in [-0.2, 0) is 22.7 Å². The summed E-state index contributed by atoms with van der Waals surface area (Å²) in [4.78, 5) is 11.9. The molecule has 0 aromatic heterocycles. The predicted octanol–water partition coefficient (Wildman–Crippen LogP) is 2.56. The Kier molecular flexibility index (Phi) is 7.81. The first kappa shape index (κ1) is 19.7. The van der Waals surface area contributed by atoms with Crippen LogP contribution in [0.5, 0.6) is 0 Å². The zero-order chi connectivity index (χ0) is 16.0. The fourth-order valence-electron chi connectivity index (χ4n) is 2.33. The van der Waals surface area contributed by atoms with Crippen molar-refractivity contribution in [2.45, 2.75) is 38.2 Å². The van der Waals surface area contributed by atoms with Crippen LogP contribution in [0.3, 0.4) is 0 Å². The highest BCUT2D eigenvalue weighted by Crippen LogP contribution is 2.16. The molecule has 2 rings (SSSR count). The van der Waals surface area contributed by atoms with Gasteiger partial charge in [0.05, 0.1) is 12.6 Å². The van der Waals surface area contributed by atoms with Crippen LogP contribution in [0.4, 0.5) is 13.2 Å². The fourth-order valence-corrected chi connectivity index (χ4v) is 2.33. The van der Waals surface area contributed by atoms with Crippen molar-refractivity contribution in [3.63, 3.8) is 0 Å². The summed E-state index contributed by atoms with van der Waals surface area (Å²) < 4.78 is 40.7. The second kappa shape index (κ2) is 9.10. The molecule has 0 bridgehead atoms. The molecule has 1 aliphatic heterocycles. The first-order valence-corrected chi connectivity index (χ1v) is 7.17. The zero-order valence-electron chi connectivity index (χ0n) is 12.5. The van der Waals surface area contributed by atoms with Gasteiger partial charge in [-0.05, 0) is 30.5 Å². The fraction of sp³-hybridized carbons (Fsp3) is 0.533. The molecular weight excluding hydrogens is 333 g/mol. The molecule has 4 nitrogen and oxygen atoms in total. The first-order valence-electron chi connectivity index (χ1n) is 7.17. The van der Waals surface area contributed by atoms with Crippen molar-refractivity contribution >= 4 is 18.3 Å². The van der Waals surface area contributed by atoms with Gasteiger partial charge in [0.15, 0.2) is 0 Å². The molecule has 1 aromatic rings. The third-order valence-electron chi connectivity index (χ3n) is 3.37. The van der Waals surface area contributed by atoms with Gasteiger partial charge in [0.25, 0.3) is 0 Å². The van der Waals surface area contributed by atoms with Gasteiger partial charge in [-0.25, -0.2) is 0 Å². The van der Waals surface area contributed by atoms with Crippen molar-refractivity contribution in [2.24, 2.45) is 0 Å². The second-order valence-electron chi connectivity index (χ2n) is 5.29. The van der Waals surface area contributed by atoms with Crippen LogP contribution in [0, 0.1) is 0 Å². The minimum atomic E-state index is -4.32. The molecule has 1 aromatic carbocycles. The van der Waals surface area contributed by atoms with Gasteiger partial charge >= 0.3 is 6.18 Å². The third-order valence-corrected chi connectivity index (χ3v) is 3.37. The zero-order valence-corrected chi connectivity index (χ0v) is 13.3. The maximum Gasteiger partial charge on any atom is 0.411 e. The first-order chi connectivity index (χ1) is 10.4. The van der Waals surface area contributed by atoms with E-state index in [4.69, 9.17) is 0 Å². The van der Waals surface area contributed by atoms with Crippen LogP contribution < -0.4 is 10.6 Å². The molecule has 1 amide bonds. The van der Waals surface area contributed by atoms with Gasteiger partial charge in [-0.1, -0.05) is 24.3 Å². The molecule has 8 heteroatoms. The largest absolute Gasteiger partial charge is 0.411 e. The highest BCUT2D eigenvalue weighted by Gasteiger charge is 2.27. The maximum absolute atomic E-state index is 12.0. The summed E-state index contributed by atoms with van der Waals surface area (Å²) in [5, 5.41) is 5.93. The van der Waals surface area contributed by atoms with Gasteiger partial charge in [0.1, 0.15) is 6.61 Å². The Morgan fingerprint density at radius 1 is 1.35 bits per heavy atom. The standard InChI is InChI=1S/C15H19F3N2O2.ClH/c16-15(17,18)10-22-9-12-4-1-3-11(7-12)8-20-14(21)13-5-2-6-19-13;/h1,3-4,7,13,19H,2,5-6,8-10H2,(H,20,21);1H. The van der Waals surface area contributed by atoms with E-state index in [-0.39, 0.29) is 31.0 Å². The van der Waals surface area contributed by atoms with E-state index in [9.17, 15) is 18.0 Å². The van der Waals surface area contributed by atoms with Crippen LogP contribution in [0.1, 0.15) is 24.0 Å². The van der Waals surface area contributed by atoms with Crippen molar-refractivity contribution in [3.8, 4) is 0 Å². The van der Waals surface area contributed by atoms with Gasteiger partial charge in [-0.15, -0.1) is 12.4 Å². The summed E-state index contributed by atoms with van der Waals surface area (Å²) in [5.74, 6) is -0.0452. The number of ether oxygens (including phenoxy) is 1. The van der Waals surface area contributed by atoms with Crippen molar-refractivity contribution in [3.05, 3.63) is 35.4 Å². The Balaban J connectivity index is 0.00000264. The summed E-state index contributed by atoms with van der Waals surface area (Å²) in [5.41, 5.74) is 1.48. The van der Waals surface area contributed by atoms with E-state index in [0.717, 1.165) is 24.9 Å². The molecule has 1 aliphatic rings. The minimum Gasteiger partial charge on any atom is -0.367 e. The summed E-state index contributed by atoms with van der Waals surface area (Å²) in [6.07, 6.45) is -2.50. The van der Waals surface area contributed by atoms with Gasteiger partial charge in [-0.3, -0.25) is 4.79 Å². The highest BCUT2D eigenvalue weighted by atomic mass is 35.5. The molecule has 0 radical (unpaired) electrons. The number of hydrogen-bond acceptors (Lipinski definition) is 3. The molecule has 0 spiro atoms. The number of rotatable bonds is 6. The van der Waals surface area contributed by atoms with E-state index in [1.165, 1.54) is 0 Å². The maximum atomic E-state index is 12.0. The van der Waals surface area contributed by atoms with Crippen LogP contribution in [0.25, 0.3) is 0 Å². The normalized spacial score (nSPS) is 17.6. The molecule has 0 aliphatic carbocycles. The van der Waals surface area contributed by atoms with Crippen LogP contribution in [-0.4, -0.2) is 31.3 Å². The Morgan fingerprint density at radius 3 is 2.74 bits per heavy atom. The van der Waals surface area contributed by atoms with E-state index in [1.54, 1.807) is 18.2 Å². The number of carbonyl (C=O) groups is 1. The average molecular weight is 353 g/mol. The van der Waals surface area contributed by atoms with Crippen molar-refractivity contribution in [1.82, 2.24) is 10.6 Å². The number of nitrogens with one attached hydrogen (secondary N) is 2. The van der Waals surface area contributed by atoms with Gasteiger partial charge in [0, 0.05) is 6.54 Å². The van der Waals surface area contributed by atoms with Gasteiger partial charge in [-0.2, -0.15) is 13.2 Å². The van der Waals surface area contributed by atoms with Crippen molar-refractivity contribution < 1.29 is 22.7 Å². The lowest BCUT2D eigenvalue weighted by atomic mass is 10.1. The molecule has 1 unspecified atom stereocenters. The lowest BCUT2D eigenvalue weighted by Crippen LogP contribution is -2.40. The molecule has 1 fully saturated rings. The van der Waals surface area contributed by atoms with Crippen LogP contribution in [0.15, 0.2) is 24.3 Å². The molecule has 130 valence electrons. The number of hydrogen-bond donors (Lipinski definition) is 2. The summed E-state index contributed by atoms with van der Waals surface area (Å²) in [6, 6.07) is 6.84. The molecule has 2 N–H and O–H groups in total. The molecule has 1 atom stereocenters. The smallest absolute Gasteiger partial charge is 0.367 e. The predicted molar refractivity (Wildman–Crippen MR) is 82.3 cm³/mol. The summed E-state index contributed by atoms with van der Waals surface area (Å²) in [7, 11) is 0. The lowest BCUT2D eigenvalue weighted by Gasteiger charge is -2.12. The summed E-state index contributed by atoms with van der Waals surface area (Å²) >= 11 is 0. The van der Waals surface area contributed by atoms with Crippen LogP contribution >= 0.6 is 12.4 Å². The Morgan fingerprint density at radius 2 is 2.09 bits per heavy atom. The molecule has 1 saturated heterocycles. The van der Waals surface area contributed by atoms with Crippen molar-refractivity contribution in [2.75, 3.05) is 13.2 Å². The third kappa shape index (κ3) is 7.20. The number of benzene rings is 1. The number of halogens is 4. The van der Waals surface area contributed by atoms with E-state index < -0.39 is 12.8 Å². The number of carbonyl (C=O) groups excluding carboxylic acids is 1. The molecular formula is C15H20ClF3N2O2. The van der Waals surface area contributed by atoms with Crippen LogP contribution in [0.2, 0.25) is 0 Å². The Bertz CT molecular complexity index is 506. The minimum absolute atomic E-state index is 0.